The molecule has 0 bridgehead atoms. The van der Waals surface area contributed by atoms with Crippen LogP contribution in [0.25, 0.3) is 0 Å². The number of anilines is 1. The van der Waals surface area contributed by atoms with Crippen LogP contribution < -0.4 is 10.6 Å². The Hall–Kier alpha value is -2.11. The lowest BCUT2D eigenvalue weighted by molar-refractivity contribution is -0.136. The first-order chi connectivity index (χ1) is 11.4. The first kappa shape index (κ1) is 18.2. The van der Waals surface area contributed by atoms with Gasteiger partial charge in [-0.3, -0.25) is 9.59 Å². The molecule has 0 saturated carbocycles. The number of hydrogen-bond donors (Lipinski definition) is 2. The van der Waals surface area contributed by atoms with Crippen LogP contribution in [0.5, 0.6) is 0 Å². The molecule has 1 aromatic rings. The monoisotopic (exact) mass is 335 g/mol. The van der Waals surface area contributed by atoms with E-state index in [1.807, 2.05) is 18.7 Å². The normalized spacial score (nSPS) is 16.8. The summed E-state index contributed by atoms with van der Waals surface area (Å²) in [4.78, 5) is 26.5. The highest BCUT2D eigenvalue weighted by molar-refractivity contribution is 5.90. The van der Waals surface area contributed by atoms with Crippen molar-refractivity contribution in [1.29, 1.82) is 0 Å². The SMILES string of the molecule is CNC(=O)C1(Nc2cccc(F)c2)CCN(C(=O)CC(C)C)CC1. The van der Waals surface area contributed by atoms with Crippen molar-refractivity contribution in [3.05, 3.63) is 30.1 Å². The van der Waals surface area contributed by atoms with Gasteiger partial charge in [0.05, 0.1) is 0 Å². The van der Waals surface area contributed by atoms with E-state index < -0.39 is 5.54 Å². The maximum absolute atomic E-state index is 13.4. The topological polar surface area (TPSA) is 61.4 Å². The van der Waals surface area contributed by atoms with Crippen LogP contribution in [0, 0.1) is 11.7 Å². The van der Waals surface area contributed by atoms with E-state index in [1.165, 1.54) is 12.1 Å². The van der Waals surface area contributed by atoms with Crippen molar-refractivity contribution in [3.8, 4) is 0 Å². The summed E-state index contributed by atoms with van der Waals surface area (Å²) >= 11 is 0. The number of likely N-dealkylation sites (N-methyl/N-ethyl adjacent to an activating group) is 1. The Morgan fingerprint density at radius 3 is 2.50 bits per heavy atom. The zero-order chi connectivity index (χ0) is 17.7. The van der Waals surface area contributed by atoms with Gasteiger partial charge >= 0.3 is 0 Å². The first-order valence-corrected chi connectivity index (χ1v) is 8.40. The fourth-order valence-corrected chi connectivity index (χ4v) is 3.11. The Morgan fingerprint density at radius 1 is 1.29 bits per heavy atom. The largest absolute Gasteiger partial charge is 0.371 e. The summed E-state index contributed by atoms with van der Waals surface area (Å²) in [5.74, 6) is -0.0471. The average molecular weight is 335 g/mol. The van der Waals surface area contributed by atoms with Gasteiger partial charge in [0, 0.05) is 32.2 Å². The van der Waals surface area contributed by atoms with Crippen molar-refractivity contribution in [2.75, 3.05) is 25.5 Å². The summed E-state index contributed by atoms with van der Waals surface area (Å²) in [5.41, 5.74) is -0.252. The second-order valence-corrected chi connectivity index (χ2v) is 6.78. The predicted molar refractivity (Wildman–Crippen MR) is 92.1 cm³/mol. The van der Waals surface area contributed by atoms with Crippen molar-refractivity contribution in [1.82, 2.24) is 10.2 Å². The van der Waals surface area contributed by atoms with E-state index in [0.717, 1.165) is 0 Å². The molecule has 0 aliphatic carbocycles. The van der Waals surface area contributed by atoms with Crippen LogP contribution in [-0.4, -0.2) is 42.4 Å². The van der Waals surface area contributed by atoms with E-state index in [9.17, 15) is 14.0 Å². The van der Waals surface area contributed by atoms with E-state index in [-0.39, 0.29) is 17.6 Å². The van der Waals surface area contributed by atoms with E-state index in [2.05, 4.69) is 10.6 Å². The van der Waals surface area contributed by atoms with Crippen LogP contribution in [0.2, 0.25) is 0 Å². The van der Waals surface area contributed by atoms with Crippen LogP contribution >= 0.6 is 0 Å². The van der Waals surface area contributed by atoms with Crippen molar-refractivity contribution in [2.45, 2.75) is 38.6 Å². The van der Waals surface area contributed by atoms with Crippen LogP contribution in [0.3, 0.4) is 0 Å². The summed E-state index contributed by atoms with van der Waals surface area (Å²) < 4.78 is 13.4. The summed E-state index contributed by atoms with van der Waals surface area (Å²) in [6.07, 6.45) is 1.50. The highest BCUT2D eigenvalue weighted by atomic mass is 19.1. The van der Waals surface area contributed by atoms with Crippen LogP contribution in [-0.2, 0) is 9.59 Å². The number of nitrogens with one attached hydrogen (secondary N) is 2. The standard InChI is InChI=1S/C18H26FN3O2/c1-13(2)11-16(23)22-9-7-18(8-10-22,17(24)20-3)21-15-6-4-5-14(19)12-15/h4-6,12-13,21H,7-11H2,1-3H3,(H,20,24). The highest BCUT2D eigenvalue weighted by Gasteiger charge is 2.41. The van der Waals surface area contributed by atoms with Crippen molar-refractivity contribution in [2.24, 2.45) is 5.92 Å². The average Bonchev–Trinajstić information content (AvgIpc) is 2.54. The molecule has 24 heavy (non-hydrogen) atoms. The maximum Gasteiger partial charge on any atom is 0.245 e. The molecule has 1 saturated heterocycles. The molecular weight excluding hydrogens is 309 g/mol. The van der Waals surface area contributed by atoms with E-state index >= 15 is 0 Å². The zero-order valence-electron chi connectivity index (χ0n) is 14.6. The summed E-state index contributed by atoms with van der Waals surface area (Å²) in [7, 11) is 1.59. The molecular formula is C18H26FN3O2. The quantitative estimate of drug-likeness (QED) is 0.868. The molecule has 2 N–H and O–H groups in total. The number of benzene rings is 1. The molecule has 1 heterocycles. The third kappa shape index (κ3) is 4.24. The molecule has 0 aromatic heterocycles. The molecule has 6 heteroatoms. The van der Waals surface area contributed by atoms with Gasteiger partial charge < -0.3 is 15.5 Å². The van der Waals surface area contributed by atoms with E-state index in [1.54, 1.807) is 19.2 Å². The van der Waals surface area contributed by atoms with Gasteiger partial charge in [0.15, 0.2) is 0 Å². The van der Waals surface area contributed by atoms with Gasteiger partial charge in [0.1, 0.15) is 11.4 Å². The molecule has 0 radical (unpaired) electrons. The van der Waals surface area contributed by atoms with Gasteiger partial charge in [0.2, 0.25) is 11.8 Å². The number of halogens is 1. The molecule has 0 spiro atoms. The van der Waals surface area contributed by atoms with Gasteiger partial charge in [-0.25, -0.2) is 4.39 Å². The highest BCUT2D eigenvalue weighted by Crippen LogP contribution is 2.28. The molecule has 2 amide bonds. The minimum Gasteiger partial charge on any atom is -0.371 e. The fourth-order valence-electron chi connectivity index (χ4n) is 3.11. The van der Waals surface area contributed by atoms with Gasteiger partial charge in [-0.05, 0) is 37.0 Å². The van der Waals surface area contributed by atoms with Crippen molar-refractivity contribution in [3.63, 3.8) is 0 Å². The lowest BCUT2D eigenvalue weighted by Gasteiger charge is -2.41. The number of piperidine rings is 1. The van der Waals surface area contributed by atoms with E-state index in [0.29, 0.717) is 44.0 Å². The number of amides is 2. The Bertz CT molecular complexity index is 596. The molecule has 0 unspecified atom stereocenters. The molecule has 132 valence electrons. The van der Waals surface area contributed by atoms with Crippen LogP contribution in [0.15, 0.2) is 24.3 Å². The molecule has 2 rings (SSSR count). The van der Waals surface area contributed by atoms with Crippen molar-refractivity contribution < 1.29 is 14.0 Å². The van der Waals surface area contributed by atoms with Gasteiger partial charge in [-0.1, -0.05) is 19.9 Å². The Kier molecular flexibility index (Phi) is 5.80. The number of rotatable bonds is 5. The number of carbonyl (C=O) groups excluding carboxylic acids is 2. The van der Waals surface area contributed by atoms with Crippen LogP contribution in [0.4, 0.5) is 10.1 Å². The summed E-state index contributed by atoms with van der Waals surface area (Å²) in [6.45, 7) is 5.06. The van der Waals surface area contributed by atoms with E-state index in [4.69, 9.17) is 0 Å². The fraction of sp³-hybridized carbons (Fsp3) is 0.556. The molecule has 1 aliphatic rings. The number of hydrogen-bond acceptors (Lipinski definition) is 3. The second kappa shape index (κ2) is 7.64. The van der Waals surface area contributed by atoms with Gasteiger partial charge in [-0.2, -0.15) is 0 Å². The van der Waals surface area contributed by atoms with Crippen LogP contribution in [0.1, 0.15) is 33.1 Å². The summed E-state index contributed by atoms with van der Waals surface area (Å²) in [5, 5.41) is 5.88. The molecule has 1 aromatic carbocycles. The lowest BCUT2D eigenvalue weighted by Crippen LogP contribution is -2.58. The Morgan fingerprint density at radius 2 is 1.96 bits per heavy atom. The lowest BCUT2D eigenvalue weighted by atomic mass is 9.85. The Balaban J connectivity index is 2.11. The number of likely N-dealkylation sites (tertiary alicyclic amines) is 1. The summed E-state index contributed by atoms with van der Waals surface area (Å²) in [6, 6.07) is 6.09. The number of nitrogens with zero attached hydrogens (tertiary/aromatic N) is 1. The number of carbonyl (C=O) groups is 2. The minimum atomic E-state index is -0.822. The van der Waals surface area contributed by atoms with Gasteiger partial charge in [0.25, 0.3) is 0 Å². The molecule has 0 atom stereocenters. The minimum absolute atomic E-state index is 0.126. The molecule has 1 fully saturated rings. The Labute approximate surface area is 142 Å². The third-order valence-electron chi connectivity index (χ3n) is 4.42. The maximum atomic E-state index is 13.4. The predicted octanol–water partition coefficient (Wildman–Crippen LogP) is 2.39. The van der Waals surface area contributed by atoms with Crippen molar-refractivity contribution >= 4 is 17.5 Å². The zero-order valence-corrected chi connectivity index (χ0v) is 14.6. The second-order valence-electron chi connectivity index (χ2n) is 6.78. The smallest absolute Gasteiger partial charge is 0.245 e. The molecule has 1 aliphatic heterocycles. The van der Waals surface area contributed by atoms with Gasteiger partial charge in [-0.15, -0.1) is 0 Å². The first-order valence-electron chi connectivity index (χ1n) is 8.40. The third-order valence-corrected chi connectivity index (χ3v) is 4.42. The molecule has 5 nitrogen and oxygen atoms in total.